The molecule has 0 spiro atoms. The highest BCUT2D eigenvalue weighted by atomic mass is 16.2. The molecule has 6 nitrogen and oxygen atoms in total. The van der Waals surface area contributed by atoms with Crippen LogP contribution in [0.1, 0.15) is 43.5 Å². The summed E-state index contributed by atoms with van der Waals surface area (Å²) in [7, 11) is 0. The number of carbonyl (C=O) groups is 2. The number of imidazole rings is 1. The van der Waals surface area contributed by atoms with Gasteiger partial charge in [0.15, 0.2) is 0 Å². The number of allylic oxidation sites excluding steroid dienone is 4. The molecule has 1 aromatic heterocycles. The van der Waals surface area contributed by atoms with Crippen LogP contribution in [-0.4, -0.2) is 21.4 Å². The molecular weight excluding hydrogens is 388 g/mol. The number of carbonyl (C=O) groups excluding carboxylic acids is 2. The summed E-state index contributed by atoms with van der Waals surface area (Å²) in [6.45, 7) is 4.30. The maximum absolute atomic E-state index is 12.4. The molecule has 160 valence electrons. The molecule has 0 aliphatic carbocycles. The number of benzene rings is 2. The molecule has 1 heterocycles. The zero-order valence-electron chi connectivity index (χ0n) is 18.0. The predicted molar refractivity (Wildman–Crippen MR) is 126 cm³/mol. The second-order valence-electron chi connectivity index (χ2n) is 7.20. The molecule has 0 saturated carbocycles. The number of anilines is 2. The number of rotatable bonds is 9. The van der Waals surface area contributed by atoms with E-state index >= 15 is 0 Å². The number of aromatic nitrogens is 2. The van der Waals surface area contributed by atoms with Gasteiger partial charge in [-0.2, -0.15) is 0 Å². The fourth-order valence-electron chi connectivity index (χ4n) is 3.24. The van der Waals surface area contributed by atoms with Crippen LogP contribution in [0.4, 0.5) is 11.6 Å². The summed E-state index contributed by atoms with van der Waals surface area (Å²) < 4.78 is 2.01. The number of fused-ring (bicyclic) bond motifs is 1. The van der Waals surface area contributed by atoms with Crippen molar-refractivity contribution in [2.24, 2.45) is 0 Å². The molecule has 2 N–H and O–H groups in total. The minimum atomic E-state index is -0.176. The van der Waals surface area contributed by atoms with Crippen molar-refractivity contribution in [3.63, 3.8) is 0 Å². The van der Waals surface area contributed by atoms with Gasteiger partial charge in [0.25, 0.3) is 5.91 Å². The lowest BCUT2D eigenvalue weighted by Gasteiger charge is -2.09. The first-order valence-corrected chi connectivity index (χ1v) is 10.5. The van der Waals surface area contributed by atoms with Crippen LogP contribution in [0, 0.1) is 0 Å². The van der Waals surface area contributed by atoms with E-state index in [0.717, 1.165) is 36.8 Å². The third-order valence-corrected chi connectivity index (χ3v) is 4.70. The summed E-state index contributed by atoms with van der Waals surface area (Å²) in [5.74, 6) is 0.174. The lowest BCUT2D eigenvalue weighted by atomic mass is 10.2. The summed E-state index contributed by atoms with van der Waals surface area (Å²) >= 11 is 0. The molecule has 2 amide bonds. The van der Waals surface area contributed by atoms with Gasteiger partial charge in [-0.25, -0.2) is 4.98 Å². The van der Waals surface area contributed by atoms with Gasteiger partial charge in [-0.3, -0.25) is 14.9 Å². The standard InChI is InChI=1S/C25H28N4O2/c1-3-4-5-6-7-8-12-17-29-23-16-15-21(18-22(23)28-25(29)26-19(2)30)27-24(31)20-13-10-9-11-14-20/h4-7,9-11,13-16,18H,3,8,12,17H2,1-2H3,(H,27,31)(H,26,28,30)/b5-4-,7-6-. The number of nitrogens with zero attached hydrogens (tertiary/aromatic N) is 2. The molecule has 0 aliphatic rings. The molecule has 0 aliphatic heterocycles. The van der Waals surface area contributed by atoms with Gasteiger partial charge in [-0.15, -0.1) is 0 Å². The minimum absolute atomic E-state index is 0.168. The van der Waals surface area contributed by atoms with Gasteiger partial charge in [0.05, 0.1) is 11.0 Å². The first kappa shape index (κ1) is 22.0. The van der Waals surface area contributed by atoms with Gasteiger partial charge < -0.3 is 9.88 Å². The van der Waals surface area contributed by atoms with E-state index in [0.29, 0.717) is 17.2 Å². The topological polar surface area (TPSA) is 76.0 Å². The van der Waals surface area contributed by atoms with E-state index in [-0.39, 0.29) is 11.8 Å². The molecule has 0 bridgehead atoms. The van der Waals surface area contributed by atoms with Crippen LogP contribution in [0.15, 0.2) is 72.8 Å². The van der Waals surface area contributed by atoms with Crippen molar-refractivity contribution in [1.29, 1.82) is 0 Å². The van der Waals surface area contributed by atoms with Crippen LogP contribution < -0.4 is 10.6 Å². The van der Waals surface area contributed by atoms with Crippen LogP contribution in [-0.2, 0) is 11.3 Å². The van der Waals surface area contributed by atoms with E-state index in [1.165, 1.54) is 6.92 Å². The Bertz CT molecular complexity index is 1100. The molecule has 0 fully saturated rings. The molecule has 2 aromatic carbocycles. The van der Waals surface area contributed by atoms with Crippen molar-refractivity contribution in [2.45, 2.75) is 39.7 Å². The number of hydrogen-bond donors (Lipinski definition) is 2. The van der Waals surface area contributed by atoms with E-state index in [1.807, 2.05) is 41.0 Å². The second-order valence-corrected chi connectivity index (χ2v) is 7.20. The first-order valence-electron chi connectivity index (χ1n) is 10.5. The van der Waals surface area contributed by atoms with Gasteiger partial charge >= 0.3 is 0 Å². The number of amides is 2. The fourth-order valence-corrected chi connectivity index (χ4v) is 3.24. The number of nitrogens with one attached hydrogen (secondary N) is 2. The van der Waals surface area contributed by atoms with Crippen molar-refractivity contribution >= 4 is 34.5 Å². The molecule has 0 radical (unpaired) electrons. The Morgan fingerprint density at radius 2 is 1.81 bits per heavy atom. The highest BCUT2D eigenvalue weighted by Crippen LogP contribution is 2.24. The summed E-state index contributed by atoms with van der Waals surface area (Å²) in [5.41, 5.74) is 2.88. The van der Waals surface area contributed by atoms with Gasteiger partial charge in [-0.05, 0) is 49.6 Å². The average molecular weight is 417 g/mol. The Morgan fingerprint density at radius 3 is 2.55 bits per heavy atom. The average Bonchev–Trinajstić information content (AvgIpc) is 3.09. The predicted octanol–water partition coefficient (Wildman–Crippen LogP) is 5.55. The molecular formula is C25H28N4O2. The largest absolute Gasteiger partial charge is 0.322 e. The Hall–Kier alpha value is -3.67. The van der Waals surface area contributed by atoms with Crippen LogP contribution in [0.3, 0.4) is 0 Å². The number of aryl methyl sites for hydroxylation is 1. The van der Waals surface area contributed by atoms with E-state index in [9.17, 15) is 9.59 Å². The van der Waals surface area contributed by atoms with Crippen molar-refractivity contribution < 1.29 is 9.59 Å². The lowest BCUT2D eigenvalue weighted by molar-refractivity contribution is -0.114. The lowest BCUT2D eigenvalue weighted by Crippen LogP contribution is -2.12. The summed E-state index contributed by atoms with van der Waals surface area (Å²) in [4.78, 5) is 28.7. The maximum atomic E-state index is 12.4. The Morgan fingerprint density at radius 1 is 1.03 bits per heavy atom. The summed E-state index contributed by atoms with van der Waals surface area (Å²) in [6, 6.07) is 14.7. The summed E-state index contributed by atoms with van der Waals surface area (Å²) in [5, 5.41) is 5.72. The Kier molecular flexibility index (Phi) is 7.76. The van der Waals surface area contributed by atoms with Crippen molar-refractivity contribution in [3.05, 3.63) is 78.4 Å². The summed E-state index contributed by atoms with van der Waals surface area (Å²) in [6.07, 6.45) is 11.2. The fraction of sp³-hybridized carbons (Fsp3) is 0.240. The molecule has 3 rings (SSSR count). The molecule has 0 saturated heterocycles. The van der Waals surface area contributed by atoms with Gasteiger partial charge in [0.1, 0.15) is 0 Å². The normalized spacial score (nSPS) is 11.4. The molecule has 0 unspecified atom stereocenters. The van der Waals surface area contributed by atoms with Gasteiger partial charge in [-0.1, -0.05) is 49.4 Å². The van der Waals surface area contributed by atoms with Crippen molar-refractivity contribution in [2.75, 3.05) is 10.6 Å². The van der Waals surface area contributed by atoms with Crippen LogP contribution in [0.25, 0.3) is 11.0 Å². The Labute approximate surface area is 182 Å². The molecule has 3 aromatic rings. The van der Waals surface area contributed by atoms with Gasteiger partial charge in [0, 0.05) is 24.7 Å². The van der Waals surface area contributed by atoms with Crippen molar-refractivity contribution in [3.8, 4) is 0 Å². The zero-order valence-corrected chi connectivity index (χ0v) is 18.0. The quantitative estimate of drug-likeness (QED) is 0.355. The van der Waals surface area contributed by atoms with E-state index in [4.69, 9.17) is 0 Å². The number of unbranched alkanes of at least 4 members (excludes halogenated alkanes) is 1. The molecule has 31 heavy (non-hydrogen) atoms. The monoisotopic (exact) mass is 416 g/mol. The van der Waals surface area contributed by atoms with E-state index in [1.54, 1.807) is 12.1 Å². The van der Waals surface area contributed by atoms with Crippen molar-refractivity contribution in [1.82, 2.24) is 9.55 Å². The third-order valence-electron chi connectivity index (χ3n) is 4.70. The second kappa shape index (κ2) is 10.9. The molecule has 0 atom stereocenters. The maximum Gasteiger partial charge on any atom is 0.255 e. The number of hydrogen-bond acceptors (Lipinski definition) is 3. The van der Waals surface area contributed by atoms with Crippen LogP contribution >= 0.6 is 0 Å². The molecule has 6 heteroatoms. The minimum Gasteiger partial charge on any atom is -0.322 e. The zero-order chi connectivity index (χ0) is 22.1. The van der Waals surface area contributed by atoms with Crippen LogP contribution in [0.5, 0.6) is 0 Å². The smallest absolute Gasteiger partial charge is 0.255 e. The first-order chi connectivity index (χ1) is 15.1. The van der Waals surface area contributed by atoms with Gasteiger partial charge in [0.2, 0.25) is 11.9 Å². The third kappa shape index (κ3) is 6.15. The van der Waals surface area contributed by atoms with Crippen LogP contribution in [0.2, 0.25) is 0 Å². The Balaban J connectivity index is 1.77. The highest BCUT2D eigenvalue weighted by molar-refractivity contribution is 6.05. The van der Waals surface area contributed by atoms with E-state index < -0.39 is 0 Å². The SMILES string of the molecule is CC/C=C\C=C/CCCn1c(NC(C)=O)nc2cc(NC(=O)c3ccccc3)ccc21. The van der Waals surface area contributed by atoms with E-state index in [2.05, 4.69) is 46.8 Å². The highest BCUT2D eigenvalue weighted by Gasteiger charge is 2.13.